The van der Waals surface area contributed by atoms with Crippen molar-refractivity contribution < 1.29 is 27.4 Å². The highest BCUT2D eigenvalue weighted by molar-refractivity contribution is 7.79. The molecule has 0 spiro atoms. The number of unbranched alkanes of at least 4 members (excludes halogenated alkanes) is 2. The van der Waals surface area contributed by atoms with E-state index in [9.17, 15) is 27.4 Å². The van der Waals surface area contributed by atoms with Crippen LogP contribution in [-0.4, -0.2) is 34.6 Å². The van der Waals surface area contributed by atoms with Gasteiger partial charge in [0.05, 0.1) is 17.0 Å². The Bertz CT molecular complexity index is 1700. The smallest absolute Gasteiger partial charge is 0.355 e. The molecule has 0 aliphatic heterocycles. The van der Waals surface area contributed by atoms with E-state index < -0.39 is 28.7 Å². The minimum absolute atomic E-state index is 0.0953. The van der Waals surface area contributed by atoms with Crippen molar-refractivity contribution in [1.82, 2.24) is 14.8 Å². The first kappa shape index (κ1) is 28.8. The van der Waals surface area contributed by atoms with Crippen molar-refractivity contribution in [1.29, 1.82) is 0 Å². The first-order chi connectivity index (χ1) is 19.7. The largest absolute Gasteiger partial charge is 0.476 e. The highest BCUT2D eigenvalue weighted by Gasteiger charge is 2.29. The van der Waals surface area contributed by atoms with Crippen LogP contribution in [0.1, 0.15) is 71.9 Å². The van der Waals surface area contributed by atoms with E-state index in [2.05, 4.69) is 23.7 Å². The van der Waals surface area contributed by atoms with Gasteiger partial charge in [-0.3, -0.25) is 0 Å². The number of carbonyl (C=O) groups is 1. The first-order valence-electron chi connectivity index (χ1n) is 13.2. The summed E-state index contributed by atoms with van der Waals surface area (Å²) in [6.07, 6.45) is 5.52. The van der Waals surface area contributed by atoms with Crippen molar-refractivity contribution in [3.05, 3.63) is 81.5 Å². The Morgan fingerprint density at radius 2 is 2.00 bits per heavy atom. The van der Waals surface area contributed by atoms with Crippen LogP contribution >= 0.6 is 11.3 Å². The van der Waals surface area contributed by atoms with E-state index in [-0.39, 0.29) is 22.6 Å². The number of carboxylic acids is 1. The Labute approximate surface area is 242 Å². The fraction of sp³-hybridized carbons (Fsp3) is 0.300. The normalized spacial score (nSPS) is 13.6. The van der Waals surface area contributed by atoms with Gasteiger partial charge in [-0.05, 0) is 67.5 Å². The second-order valence-corrected chi connectivity index (χ2v) is 11.7. The van der Waals surface area contributed by atoms with Crippen molar-refractivity contribution in [2.45, 2.75) is 56.8 Å². The molecule has 2 aromatic carbocycles. The number of thiazole rings is 1. The lowest BCUT2D eigenvalue weighted by molar-refractivity contribution is 0.0691. The Kier molecular flexibility index (Phi) is 8.73. The number of rotatable bonds is 10. The molecule has 1 unspecified atom stereocenters. The molecule has 1 aliphatic rings. The van der Waals surface area contributed by atoms with Gasteiger partial charge in [0.2, 0.25) is 5.13 Å². The average molecular weight is 596 g/mol. The van der Waals surface area contributed by atoms with Crippen molar-refractivity contribution in [2.75, 3.05) is 0 Å². The topological polar surface area (TPSA) is 105 Å². The number of hydrogen-bond donors (Lipinski definition) is 2. The van der Waals surface area contributed by atoms with E-state index in [0.717, 1.165) is 48.3 Å². The second-order valence-electron chi connectivity index (χ2n) is 9.94. The number of hydrogen-bond acceptors (Lipinski definition) is 5. The van der Waals surface area contributed by atoms with E-state index in [1.807, 2.05) is 0 Å². The van der Waals surface area contributed by atoms with Gasteiger partial charge >= 0.3 is 5.97 Å². The predicted molar refractivity (Wildman–Crippen MR) is 153 cm³/mol. The maximum atomic E-state index is 14.7. The van der Waals surface area contributed by atoms with E-state index >= 15 is 0 Å². The molecule has 0 radical (unpaired) electrons. The molecule has 0 saturated heterocycles. The summed E-state index contributed by atoms with van der Waals surface area (Å²) < 4.78 is 51.9. The summed E-state index contributed by atoms with van der Waals surface area (Å²) in [5.41, 5.74) is 3.41. The van der Waals surface area contributed by atoms with Crippen LogP contribution in [0.5, 0.6) is 0 Å². The lowest BCUT2D eigenvalue weighted by Crippen LogP contribution is -2.06. The number of nitrogens with zero attached hydrogens (tertiary/aromatic N) is 3. The fourth-order valence-corrected chi connectivity index (χ4v) is 5.70. The summed E-state index contributed by atoms with van der Waals surface area (Å²) in [7, 11) is 0. The zero-order chi connectivity index (χ0) is 29.1. The molecule has 5 rings (SSSR count). The van der Waals surface area contributed by atoms with Gasteiger partial charge in [-0.25, -0.2) is 27.5 Å². The van der Waals surface area contributed by atoms with Gasteiger partial charge in [-0.2, -0.15) is 5.10 Å². The molecule has 2 heterocycles. The Morgan fingerprint density at radius 1 is 1.20 bits per heavy atom. The minimum Gasteiger partial charge on any atom is -0.476 e. The van der Waals surface area contributed by atoms with Gasteiger partial charge in [0, 0.05) is 29.3 Å². The van der Waals surface area contributed by atoms with Crippen LogP contribution in [0.4, 0.5) is 8.78 Å². The fourth-order valence-electron chi connectivity index (χ4n) is 4.52. The van der Waals surface area contributed by atoms with Crippen molar-refractivity contribution in [3.63, 3.8) is 0 Å². The number of aromatic carboxylic acids is 1. The molecular formula is C30H27F2N3O4S2. The molecule has 212 valence electrons. The number of aromatic nitrogens is 3. The van der Waals surface area contributed by atoms with Gasteiger partial charge in [0.25, 0.3) is 0 Å². The number of benzene rings is 2. The van der Waals surface area contributed by atoms with Gasteiger partial charge in [0.1, 0.15) is 16.5 Å². The minimum atomic E-state index is -2.46. The monoisotopic (exact) mass is 595 g/mol. The lowest BCUT2D eigenvalue weighted by atomic mass is 9.96. The Balaban J connectivity index is 1.66. The van der Waals surface area contributed by atoms with Crippen molar-refractivity contribution >= 4 is 28.4 Å². The molecular weight excluding hydrogens is 568 g/mol. The summed E-state index contributed by atoms with van der Waals surface area (Å²) >= 11 is -1.31. The standard InChI is InChI=1S/C30H27F2N3O4S2/c1-2-3-4-5-6-20-16-21(10-11-23(20)31)28-22(13-19-9-12-27(41(38)39)24(32)14-19)26(15-18-7-8-18)35(34-28)30-33-25(17-40-30)29(36)37/h9-12,14,16-18H,2-4,7-8,13,15H2,1H3,(H,36,37)(H,38,39). The molecule has 41 heavy (non-hydrogen) atoms. The SMILES string of the molecule is CCCCC#Cc1cc(-c2nn(-c3nc(C(=O)O)cs3)c(CC3CC3)c2Cc2ccc(S(=O)O)c(F)c2)ccc1F. The first-order valence-corrected chi connectivity index (χ1v) is 15.2. The van der Waals surface area contributed by atoms with Gasteiger partial charge in [-0.15, -0.1) is 11.3 Å². The molecule has 1 aliphatic carbocycles. The molecule has 1 atom stereocenters. The summed E-state index contributed by atoms with van der Waals surface area (Å²) in [5.74, 6) is 3.98. The summed E-state index contributed by atoms with van der Waals surface area (Å²) in [6.45, 7) is 2.06. The van der Waals surface area contributed by atoms with Crippen LogP contribution in [0.15, 0.2) is 46.7 Å². The van der Waals surface area contributed by atoms with Crippen LogP contribution in [0.2, 0.25) is 0 Å². The predicted octanol–water partition coefficient (Wildman–Crippen LogP) is 6.64. The van der Waals surface area contributed by atoms with E-state index in [4.69, 9.17) is 5.10 Å². The van der Waals surface area contributed by atoms with Crippen LogP contribution in [0, 0.1) is 29.4 Å². The zero-order valence-electron chi connectivity index (χ0n) is 22.2. The maximum absolute atomic E-state index is 14.7. The number of carboxylic acid groups (broad SMARTS) is 1. The number of halogens is 2. The molecule has 4 aromatic rings. The van der Waals surface area contributed by atoms with Crippen LogP contribution in [0.25, 0.3) is 16.4 Å². The molecule has 1 fully saturated rings. The lowest BCUT2D eigenvalue weighted by Gasteiger charge is -2.10. The van der Waals surface area contributed by atoms with Crippen LogP contribution in [0.3, 0.4) is 0 Å². The Morgan fingerprint density at radius 3 is 2.66 bits per heavy atom. The highest BCUT2D eigenvalue weighted by atomic mass is 32.2. The summed E-state index contributed by atoms with van der Waals surface area (Å²) in [5, 5.41) is 16.1. The second kappa shape index (κ2) is 12.4. The van der Waals surface area contributed by atoms with Crippen LogP contribution < -0.4 is 0 Å². The molecule has 0 amide bonds. The molecule has 1 saturated carbocycles. The van der Waals surface area contributed by atoms with Gasteiger partial charge < -0.3 is 9.66 Å². The third-order valence-corrected chi connectivity index (χ3v) is 8.37. The van der Waals surface area contributed by atoms with E-state index in [1.165, 1.54) is 23.6 Å². The maximum Gasteiger partial charge on any atom is 0.355 e. The average Bonchev–Trinajstić information content (AvgIpc) is 3.50. The highest BCUT2D eigenvalue weighted by Crippen LogP contribution is 2.38. The zero-order valence-corrected chi connectivity index (χ0v) is 23.8. The van der Waals surface area contributed by atoms with Gasteiger partial charge in [-0.1, -0.05) is 31.3 Å². The summed E-state index contributed by atoms with van der Waals surface area (Å²) in [6, 6.07) is 8.72. The Hall–Kier alpha value is -3.72. The quantitative estimate of drug-likeness (QED) is 0.121. The van der Waals surface area contributed by atoms with Gasteiger partial charge in [0.15, 0.2) is 16.8 Å². The van der Waals surface area contributed by atoms with E-state index in [1.54, 1.807) is 22.9 Å². The van der Waals surface area contributed by atoms with Crippen molar-refractivity contribution in [2.24, 2.45) is 5.92 Å². The molecule has 7 nitrogen and oxygen atoms in total. The summed E-state index contributed by atoms with van der Waals surface area (Å²) in [4.78, 5) is 15.5. The third kappa shape index (κ3) is 6.62. The van der Waals surface area contributed by atoms with E-state index in [0.29, 0.717) is 40.7 Å². The third-order valence-electron chi connectivity index (χ3n) is 6.84. The van der Waals surface area contributed by atoms with Crippen molar-refractivity contribution in [3.8, 4) is 28.2 Å². The molecule has 11 heteroatoms. The molecule has 2 aromatic heterocycles. The molecule has 0 bridgehead atoms. The molecule has 2 N–H and O–H groups in total. The van der Waals surface area contributed by atoms with Crippen LogP contribution in [-0.2, 0) is 23.9 Å².